The third-order valence-corrected chi connectivity index (χ3v) is 5.29. The van der Waals surface area contributed by atoms with Gasteiger partial charge in [-0.3, -0.25) is 0 Å². The summed E-state index contributed by atoms with van der Waals surface area (Å²) in [6.45, 7) is 4.84. The highest BCUT2D eigenvalue weighted by atomic mass is 79.9. The van der Waals surface area contributed by atoms with Crippen LogP contribution >= 0.6 is 38.9 Å². The van der Waals surface area contributed by atoms with Crippen molar-refractivity contribution in [1.29, 1.82) is 0 Å². The zero-order valence-electron chi connectivity index (χ0n) is 11.6. The van der Waals surface area contributed by atoms with Crippen molar-refractivity contribution in [2.75, 3.05) is 11.9 Å². The molecule has 1 N–H and O–H groups in total. The smallest absolute Gasteiger partial charge is 0.173 e. The molecule has 0 saturated carbocycles. The van der Waals surface area contributed by atoms with Gasteiger partial charge in [-0.15, -0.1) is 11.3 Å². The number of thiophene rings is 1. The second kappa shape index (κ2) is 5.91. The van der Waals surface area contributed by atoms with Gasteiger partial charge in [0.05, 0.1) is 15.4 Å². The van der Waals surface area contributed by atoms with Crippen molar-refractivity contribution >= 4 is 55.6 Å². The van der Waals surface area contributed by atoms with Crippen molar-refractivity contribution < 1.29 is 0 Å². The van der Waals surface area contributed by atoms with E-state index in [9.17, 15) is 0 Å². The molecule has 0 radical (unpaired) electrons. The van der Waals surface area contributed by atoms with Crippen molar-refractivity contribution in [2.45, 2.75) is 13.8 Å². The van der Waals surface area contributed by atoms with Crippen LogP contribution in [0.1, 0.15) is 12.5 Å². The highest BCUT2D eigenvalue weighted by Crippen LogP contribution is 2.36. The van der Waals surface area contributed by atoms with Gasteiger partial charge < -0.3 is 5.32 Å². The molecule has 0 aliphatic rings. The molecule has 1 aromatic carbocycles. The molecule has 21 heavy (non-hydrogen) atoms. The lowest BCUT2D eigenvalue weighted by molar-refractivity contribution is 1.15. The van der Waals surface area contributed by atoms with E-state index in [0.29, 0.717) is 5.82 Å². The fourth-order valence-electron chi connectivity index (χ4n) is 2.09. The minimum absolute atomic E-state index is 0.670. The summed E-state index contributed by atoms with van der Waals surface area (Å²) in [6.07, 6.45) is 0. The summed E-state index contributed by atoms with van der Waals surface area (Å²) in [4.78, 5) is 10.2. The Bertz CT molecular complexity index is 816. The Morgan fingerprint density at radius 3 is 2.81 bits per heavy atom. The Kier molecular flexibility index (Phi) is 4.15. The number of rotatable bonds is 3. The molecule has 3 rings (SSSR count). The Morgan fingerprint density at radius 1 is 1.33 bits per heavy atom. The van der Waals surface area contributed by atoms with Gasteiger partial charge in [-0.2, -0.15) is 0 Å². The van der Waals surface area contributed by atoms with Gasteiger partial charge in [0.1, 0.15) is 5.82 Å². The highest BCUT2D eigenvalue weighted by Gasteiger charge is 2.14. The number of nitrogens with one attached hydrogen (secondary N) is 1. The van der Waals surface area contributed by atoms with E-state index in [1.54, 1.807) is 11.3 Å². The van der Waals surface area contributed by atoms with Crippen LogP contribution in [0.15, 0.2) is 28.1 Å². The SMILES string of the molecule is CCNc1nc(-c2scc(C)c2Cl)nc2ccc(Br)cc12. The van der Waals surface area contributed by atoms with E-state index < -0.39 is 0 Å². The molecule has 0 amide bonds. The van der Waals surface area contributed by atoms with Crippen LogP contribution in [0.3, 0.4) is 0 Å². The summed E-state index contributed by atoms with van der Waals surface area (Å²) in [5.74, 6) is 1.50. The van der Waals surface area contributed by atoms with Crippen molar-refractivity contribution in [3.8, 4) is 10.7 Å². The molecule has 0 aliphatic heterocycles. The molecule has 0 spiro atoms. The normalized spacial score (nSPS) is 11.0. The number of anilines is 1. The first-order valence-electron chi connectivity index (χ1n) is 6.55. The van der Waals surface area contributed by atoms with Crippen molar-refractivity contribution in [3.63, 3.8) is 0 Å². The summed E-state index contributed by atoms with van der Waals surface area (Å²) in [5, 5.41) is 7.07. The molecule has 3 nitrogen and oxygen atoms in total. The number of benzene rings is 1. The van der Waals surface area contributed by atoms with Gasteiger partial charge >= 0.3 is 0 Å². The minimum atomic E-state index is 0.670. The predicted octanol–water partition coefficient (Wildman–Crippen LogP) is 5.51. The molecular formula is C15H13BrClN3S. The van der Waals surface area contributed by atoms with Crippen LogP contribution in [0.4, 0.5) is 5.82 Å². The van der Waals surface area contributed by atoms with E-state index in [-0.39, 0.29) is 0 Å². The van der Waals surface area contributed by atoms with E-state index in [1.165, 1.54) is 0 Å². The van der Waals surface area contributed by atoms with Crippen molar-refractivity contribution in [3.05, 3.63) is 38.6 Å². The maximum absolute atomic E-state index is 6.35. The summed E-state index contributed by atoms with van der Waals surface area (Å²) in [5.41, 5.74) is 1.96. The van der Waals surface area contributed by atoms with Gasteiger partial charge in [0.15, 0.2) is 5.82 Å². The molecule has 0 atom stereocenters. The Hall–Kier alpha value is -1.17. The number of hydrogen-bond donors (Lipinski definition) is 1. The molecule has 2 aromatic heterocycles. The number of hydrogen-bond acceptors (Lipinski definition) is 4. The summed E-state index contributed by atoms with van der Waals surface area (Å²) in [6, 6.07) is 5.99. The van der Waals surface area contributed by atoms with E-state index in [2.05, 4.69) is 31.2 Å². The Labute approximate surface area is 140 Å². The fourth-order valence-corrected chi connectivity index (χ4v) is 3.66. The third-order valence-electron chi connectivity index (χ3n) is 3.10. The standard InChI is InChI=1S/C15H13BrClN3S/c1-3-18-14-10-6-9(16)4-5-11(10)19-15(20-14)13-12(17)8(2)7-21-13/h4-7H,3H2,1-2H3,(H,18,19,20). The third kappa shape index (κ3) is 2.78. The first-order chi connectivity index (χ1) is 10.1. The maximum Gasteiger partial charge on any atom is 0.173 e. The first-order valence-corrected chi connectivity index (χ1v) is 8.60. The van der Waals surface area contributed by atoms with Crippen LogP contribution in [-0.4, -0.2) is 16.5 Å². The van der Waals surface area contributed by atoms with Crippen molar-refractivity contribution in [2.24, 2.45) is 0 Å². The van der Waals surface area contributed by atoms with E-state index in [1.807, 2.05) is 37.4 Å². The topological polar surface area (TPSA) is 37.8 Å². The molecule has 108 valence electrons. The van der Waals surface area contributed by atoms with Crippen LogP contribution in [0, 0.1) is 6.92 Å². The molecule has 3 aromatic rings. The molecule has 0 aliphatic carbocycles. The quantitative estimate of drug-likeness (QED) is 0.648. The van der Waals surface area contributed by atoms with Crippen LogP contribution in [-0.2, 0) is 0 Å². The van der Waals surface area contributed by atoms with Crippen LogP contribution in [0.2, 0.25) is 5.02 Å². The summed E-state index contributed by atoms with van der Waals surface area (Å²) >= 11 is 11.4. The Morgan fingerprint density at radius 2 is 2.14 bits per heavy atom. The first kappa shape index (κ1) is 14.8. The summed E-state index contributed by atoms with van der Waals surface area (Å²) in [7, 11) is 0. The van der Waals surface area contributed by atoms with Gasteiger partial charge in [-0.05, 0) is 43.0 Å². The van der Waals surface area contributed by atoms with Gasteiger partial charge in [-0.1, -0.05) is 27.5 Å². The highest BCUT2D eigenvalue weighted by molar-refractivity contribution is 9.10. The molecule has 0 saturated heterocycles. The number of fused-ring (bicyclic) bond motifs is 1. The number of aromatic nitrogens is 2. The number of halogens is 2. The second-order valence-electron chi connectivity index (χ2n) is 4.65. The maximum atomic E-state index is 6.35. The largest absolute Gasteiger partial charge is 0.370 e. The van der Waals surface area contributed by atoms with Crippen LogP contribution in [0.5, 0.6) is 0 Å². The lowest BCUT2D eigenvalue weighted by Crippen LogP contribution is -2.02. The number of aryl methyl sites for hydroxylation is 1. The number of nitrogens with zero attached hydrogens (tertiary/aromatic N) is 2. The molecule has 6 heteroatoms. The predicted molar refractivity (Wildman–Crippen MR) is 94.5 cm³/mol. The van der Waals surface area contributed by atoms with Gasteiger partial charge in [0.2, 0.25) is 0 Å². The van der Waals surface area contributed by atoms with Gasteiger partial charge in [-0.25, -0.2) is 9.97 Å². The summed E-state index contributed by atoms with van der Waals surface area (Å²) < 4.78 is 1.01. The van der Waals surface area contributed by atoms with Gasteiger partial charge in [0.25, 0.3) is 0 Å². The van der Waals surface area contributed by atoms with E-state index in [0.717, 1.165) is 43.2 Å². The lowest BCUT2D eigenvalue weighted by Gasteiger charge is -2.09. The Balaban J connectivity index is 2.25. The monoisotopic (exact) mass is 381 g/mol. The van der Waals surface area contributed by atoms with Crippen LogP contribution < -0.4 is 5.32 Å². The molecule has 2 heterocycles. The molecular weight excluding hydrogens is 370 g/mol. The fraction of sp³-hybridized carbons (Fsp3) is 0.200. The van der Waals surface area contributed by atoms with Crippen LogP contribution in [0.25, 0.3) is 21.6 Å². The molecule has 0 fully saturated rings. The van der Waals surface area contributed by atoms with E-state index >= 15 is 0 Å². The molecule has 0 bridgehead atoms. The van der Waals surface area contributed by atoms with Gasteiger partial charge in [0, 0.05) is 16.4 Å². The average Bonchev–Trinajstić information content (AvgIpc) is 2.80. The molecule has 0 unspecified atom stereocenters. The zero-order valence-corrected chi connectivity index (χ0v) is 14.7. The minimum Gasteiger partial charge on any atom is -0.370 e. The lowest BCUT2D eigenvalue weighted by atomic mass is 10.2. The zero-order chi connectivity index (χ0) is 15.0. The van der Waals surface area contributed by atoms with E-state index in [4.69, 9.17) is 11.6 Å². The second-order valence-corrected chi connectivity index (χ2v) is 6.82. The van der Waals surface area contributed by atoms with Crippen molar-refractivity contribution in [1.82, 2.24) is 9.97 Å². The average molecular weight is 383 g/mol.